The van der Waals surface area contributed by atoms with Crippen LogP contribution in [0, 0.1) is 0 Å². The molecule has 0 radical (unpaired) electrons. The second-order valence-electron chi connectivity index (χ2n) is 2.92. The van der Waals surface area contributed by atoms with E-state index in [9.17, 15) is 0 Å². The number of hydrogen-bond donors (Lipinski definition) is 1. The Morgan fingerprint density at radius 1 is 1.36 bits per heavy atom. The van der Waals surface area contributed by atoms with Crippen LogP contribution in [-0.2, 0) is 9.62 Å². The van der Waals surface area contributed by atoms with Gasteiger partial charge in [0, 0.05) is 5.56 Å². The van der Waals surface area contributed by atoms with Crippen molar-refractivity contribution >= 4 is 0 Å². The van der Waals surface area contributed by atoms with E-state index in [0.717, 1.165) is 5.56 Å². The van der Waals surface area contributed by atoms with Gasteiger partial charge in [0.2, 0.25) is 6.29 Å². The van der Waals surface area contributed by atoms with Gasteiger partial charge in [-0.1, -0.05) is 36.4 Å². The van der Waals surface area contributed by atoms with Gasteiger partial charge in [0.15, 0.2) is 0 Å². The van der Waals surface area contributed by atoms with Crippen LogP contribution in [-0.4, -0.2) is 11.4 Å². The molecule has 0 aromatic heterocycles. The molecule has 1 aromatic rings. The molecule has 2 atom stereocenters. The zero-order valence-electron chi connectivity index (χ0n) is 8.09. The minimum Gasteiger partial charge on any atom is -0.339 e. The van der Waals surface area contributed by atoms with E-state index in [4.69, 9.17) is 9.99 Å². The normalized spacial score (nSPS) is 14.7. The molecule has 3 nitrogen and oxygen atoms in total. The van der Waals surface area contributed by atoms with E-state index < -0.39 is 6.29 Å². The fourth-order valence-electron chi connectivity index (χ4n) is 1.02. The molecule has 0 saturated heterocycles. The Kier molecular flexibility index (Phi) is 4.32. The largest absolute Gasteiger partial charge is 0.339 e. The number of rotatable bonds is 5. The highest BCUT2D eigenvalue weighted by Gasteiger charge is 2.13. The number of benzene rings is 1. The lowest BCUT2D eigenvalue weighted by Crippen LogP contribution is -2.13. The van der Waals surface area contributed by atoms with Gasteiger partial charge >= 0.3 is 0 Å². The third-order valence-electron chi connectivity index (χ3n) is 1.84. The predicted octanol–water partition coefficient (Wildman–Crippen LogP) is 2.77. The molecule has 0 heterocycles. The first kappa shape index (κ1) is 10.9. The molecule has 14 heavy (non-hydrogen) atoms. The molecule has 0 aliphatic carbocycles. The van der Waals surface area contributed by atoms with Crippen LogP contribution < -0.4 is 0 Å². The Bertz CT molecular complexity index is 271. The average molecular weight is 194 g/mol. The first-order chi connectivity index (χ1) is 6.77. The van der Waals surface area contributed by atoms with Gasteiger partial charge in [-0.25, -0.2) is 10.1 Å². The highest BCUT2D eigenvalue weighted by Crippen LogP contribution is 2.19. The Balaban J connectivity index is 2.67. The molecule has 0 saturated carbocycles. The molecule has 0 amide bonds. The van der Waals surface area contributed by atoms with Gasteiger partial charge in [-0.3, -0.25) is 0 Å². The Morgan fingerprint density at radius 2 is 2.00 bits per heavy atom. The minimum absolute atomic E-state index is 0.174. The predicted molar refractivity (Wildman–Crippen MR) is 53.6 cm³/mol. The second-order valence-corrected chi connectivity index (χ2v) is 2.92. The van der Waals surface area contributed by atoms with Crippen molar-refractivity contribution in [2.24, 2.45) is 0 Å². The molecular formula is C11H14O3. The van der Waals surface area contributed by atoms with Crippen molar-refractivity contribution in [2.75, 3.05) is 0 Å². The summed E-state index contributed by atoms with van der Waals surface area (Å²) in [6.45, 7) is 5.40. The van der Waals surface area contributed by atoms with Gasteiger partial charge < -0.3 is 4.74 Å². The van der Waals surface area contributed by atoms with E-state index in [2.05, 4.69) is 11.5 Å². The Morgan fingerprint density at radius 3 is 2.50 bits per heavy atom. The molecule has 76 valence electrons. The van der Waals surface area contributed by atoms with E-state index in [1.807, 2.05) is 37.3 Å². The Hall–Kier alpha value is -1.16. The van der Waals surface area contributed by atoms with E-state index in [1.165, 1.54) is 0 Å². The zero-order valence-corrected chi connectivity index (χ0v) is 8.09. The van der Waals surface area contributed by atoms with Gasteiger partial charge in [-0.15, -0.1) is 6.58 Å². The zero-order chi connectivity index (χ0) is 10.4. The summed E-state index contributed by atoms with van der Waals surface area (Å²) in [7, 11) is 0. The van der Waals surface area contributed by atoms with Crippen LogP contribution in [0.4, 0.5) is 0 Å². The molecule has 0 aliphatic heterocycles. The summed E-state index contributed by atoms with van der Waals surface area (Å²) in [5.41, 5.74) is 0.767. The van der Waals surface area contributed by atoms with E-state index >= 15 is 0 Å². The Labute approximate surface area is 83.5 Å². The van der Waals surface area contributed by atoms with Crippen molar-refractivity contribution in [3.8, 4) is 0 Å². The van der Waals surface area contributed by atoms with Crippen LogP contribution in [0.3, 0.4) is 0 Å². The van der Waals surface area contributed by atoms with Crippen molar-refractivity contribution in [1.29, 1.82) is 0 Å². The van der Waals surface area contributed by atoms with Crippen LogP contribution in [0.25, 0.3) is 0 Å². The maximum Gasteiger partial charge on any atom is 0.217 e. The second kappa shape index (κ2) is 5.54. The number of hydrogen-bond acceptors (Lipinski definition) is 3. The van der Waals surface area contributed by atoms with Crippen LogP contribution in [0.15, 0.2) is 43.0 Å². The molecule has 1 aromatic carbocycles. The van der Waals surface area contributed by atoms with Crippen LogP contribution >= 0.6 is 0 Å². The summed E-state index contributed by atoms with van der Waals surface area (Å²) in [6, 6.07) is 9.22. The number of ether oxygens (including phenoxy) is 1. The fraction of sp³-hybridized carbons (Fsp3) is 0.273. The van der Waals surface area contributed by atoms with Crippen molar-refractivity contribution in [3.63, 3.8) is 0 Å². The van der Waals surface area contributed by atoms with Gasteiger partial charge in [-0.2, -0.15) is 0 Å². The van der Waals surface area contributed by atoms with Crippen molar-refractivity contribution in [3.05, 3.63) is 48.6 Å². The lowest BCUT2D eigenvalue weighted by Gasteiger charge is -2.17. The van der Waals surface area contributed by atoms with Crippen molar-refractivity contribution in [2.45, 2.75) is 19.3 Å². The van der Waals surface area contributed by atoms with Crippen molar-refractivity contribution < 1.29 is 14.9 Å². The first-order valence-electron chi connectivity index (χ1n) is 4.41. The summed E-state index contributed by atoms with van der Waals surface area (Å²) >= 11 is 0. The van der Waals surface area contributed by atoms with Crippen LogP contribution in [0.5, 0.6) is 0 Å². The standard InChI is InChI=1S/C11H14O3/c1-3-9(2)13-11(14-12)10-7-5-4-6-8-10/h3-9,11-12H,1H2,2H3. The van der Waals surface area contributed by atoms with E-state index in [0.29, 0.717) is 0 Å². The van der Waals surface area contributed by atoms with Crippen LogP contribution in [0.1, 0.15) is 18.8 Å². The summed E-state index contributed by atoms with van der Waals surface area (Å²) in [5.74, 6) is 0. The monoisotopic (exact) mass is 194 g/mol. The highest BCUT2D eigenvalue weighted by atomic mass is 17.1. The summed E-state index contributed by atoms with van der Waals surface area (Å²) < 4.78 is 5.34. The molecule has 1 N–H and O–H groups in total. The topological polar surface area (TPSA) is 38.7 Å². The van der Waals surface area contributed by atoms with Gasteiger partial charge in [0.1, 0.15) is 0 Å². The summed E-state index contributed by atoms with van der Waals surface area (Å²) in [5, 5.41) is 8.66. The van der Waals surface area contributed by atoms with Crippen LogP contribution in [0.2, 0.25) is 0 Å². The quantitative estimate of drug-likeness (QED) is 0.339. The minimum atomic E-state index is -0.760. The molecule has 0 bridgehead atoms. The maximum atomic E-state index is 8.66. The SMILES string of the molecule is C=CC(C)OC(OO)c1ccccc1. The smallest absolute Gasteiger partial charge is 0.217 e. The molecule has 0 fully saturated rings. The fourth-order valence-corrected chi connectivity index (χ4v) is 1.02. The molecule has 1 rings (SSSR count). The summed E-state index contributed by atoms with van der Waals surface area (Å²) in [6.07, 6.45) is 0.700. The summed E-state index contributed by atoms with van der Waals surface area (Å²) in [4.78, 5) is 4.24. The van der Waals surface area contributed by atoms with Crippen molar-refractivity contribution in [1.82, 2.24) is 0 Å². The third-order valence-corrected chi connectivity index (χ3v) is 1.84. The molecular weight excluding hydrogens is 180 g/mol. The molecule has 0 aliphatic rings. The van der Waals surface area contributed by atoms with E-state index in [-0.39, 0.29) is 6.10 Å². The maximum absolute atomic E-state index is 8.66. The lowest BCUT2D eigenvalue weighted by molar-refractivity contribution is -0.355. The lowest BCUT2D eigenvalue weighted by atomic mass is 10.2. The molecule has 3 heteroatoms. The molecule has 0 spiro atoms. The third kappa shape index (κ3) is 2.96. The van der Waals surface area contributed by atoms with E-state index in [1.54, 1.807) is 6.08 Å². The van der Waals surface area contributed by atoms with Gasteiger partial charge in [0.25, 0.3) is 0 Å². The average Bonchev–Trinajstić information content (AvgIpc) is 2.26. The van der Waals surface area contributed by atoms with Gasteiger partial charge in [0.05, 0.1) is 6.10 Å². The van der Waals surface area contributed by atoms with Gasteiger partial charge in [-0.05, 0) is 6.92 Å². The first-order valence-corrected chi connectivity index (χ1v) is 4.41. The molecule has 2 unspecified atom stereocenters. The highest BCUT2D eigenvalue weighted by molar-refractivity contribution is 5.15.